The van der Waals surface area contributed by atoms with Crippen LogP contribution in [0.1, 0.15) is 33.1 Å². The Balaban J connectivity index is 1.84. The first-order valence-corrected chi connectivity index (χ1v) is 9.52. The molecule has 0 saturated carbocycles. The Bertz CT molecular complexity index is 690. The monoisotopic (exact) mass is 337 g/mol. The first kappa shape index (κ1) is 16.4. The first-order valence-electron chi connectivity index (χ1n) is 8.08. The Morgan fingerprint density at radius 3 is 2.70 bits per heavy atom. The lowest BCUT2D eigenvalue weighted by Gasteiger charge is -2.41. The molecule has 1 atom stereocenters. The molecule has 23 heavy (non-hydrogen) atoms. The average molecular weight is 337 g/mol. The second-order valence-corrected chi connectivity index (χ2v) is 8.69. The molecule has 6 nitrogen and oxygen atoms in total. The molecule has 2 aliphatic heterocycles. The molecule has 1 aromatic rings. The number of rotatable bonds is 3. The van der Waals surface area contributed by atoms with Crippen molar-refractivity contribution in [1.82, 2.24) is 14.2 Å². The van der Waals surface area contributed by atoms with E-state index in [1.165, 1.54) is 10.5 Å². The Hall–Kier alpha value is -1.47. The van der Waals surface area contributed by atoms with Crippen LogP contribution in [0, 0.1) is 5.41 Å². The van der Waals surface area contributed by atoms with Gasteiger partial charge in [-0.2, -0.15) is 4.31 Å². The molecule has 0 aliphatic carbocycles. The molecule has 0 unspecified atom stereocenters. The van der Waals surface area contributed by atoms with Crippen LogP contribution in [-0.2, 0) is 14.8 Å². The van der Waals surface area contributed by atoms with Gasteiger partial charge in [-0.25, -0.2) is 8.42 Å². The lowest BCUT2D eigenvalue weighted by atomic mass is 9.78. The zero-order valence-corrected chi connectivity index (χ0v) is 14.4. The van der Waals surface area contributed by atoms with Gasteiger partial charge in [0.15, 0.2) is 0 Å². The van der Waals surface area contributed by atoms with E-state index in [1.807, 2.05) is 18.7 Å². The van der Waals surface area contributed by atoms with Gasteiger partial charge >= 0.3 is 0 Å². The summed E-state index contributed by atoms with van der Waals surface area (Å²) in [5.74, 6) is 0.114. The summed E-state index contributed by atoms with van der Waals surface area (Å²) in [6.07, 6.45) is 5.23. The first-order chi connectivity index (χ1) is 10.9. The smallest absolute Gasteiger partial charge is 0.244 e. The van der Waals surface area contributed by atoms with Crippen LogP contribution in [0.4, 0.5) is 0 Å². The van der Waals surface area contributed by atoms with Gasteiger partial charge in [0.2, 0.25) is 15.9 Å². The third-order valence-electron chi connectivity index (χ3n) is 4.98. The number of aromatic nitrogens is 1. The Morgan fingerprint density at radius 1 is 1.26 bits per heavy atom. The summed E-state index contributed by atoms with van der Waals surface area (Å²) < 4.78 is 26.9. The minimum absolute atomic E-state index is 0.114. The van der Waals surface area contributed by atoms with Gasteiger partial charge in [-0.05, 0) is 45.2 Å². The highest BCUT2D eigenvalue weighted by atomic mass is 32.2. The Kier molecular flexibility index (Phi) is 4.18. The van der Waals surface area contributed by atoms with Crippen molar-refractivity contribution in [1.29, 1.82) is 0 Å². The maximum atomic E-state index is 12.9. The van der Waals surface area contributed by atoms with Gasteiger partial charge in [0.1, 0.15) is 4.90 Å². The summed E-state index contributed by atoms with van der Waals surface area (Å²) in [5, 5.41) is 0. The predicted molar refractivity (Wildman–Crippen MR) is 86.1 cm³/mol. The van der Waals surface area contributed by atoms with Crippen molar-refractivity contribution in [2.24, 2.45) is 5.41 Å². The van der Waals surface area contributed by atoms with E-state index in [0.29, 0.717) is 13.0 Å². The van der Waals surface area contributed by atoms with E-state index in [2.05, 4.69) is 4.98 Å². The van der Waals surface area contributed by atoms with Crippen molar-refractivity contribution < 1.29 is 13.2 Å². The summed E-state index contributed by atoms with van der Waals surface area (Å²) in [6, 6.07) is 3.32. The molecule has 2 saturated heterocycles. The van der Waals surface area contributed by atoms with Crippen molar-refractivity contribution in [3.63, 3.8) is 0 Å². The molecule has 0 aromatic carbocycles. The molecule has 0 radical (unpaired) electrons. The number of carbonyl (C=O) groups is 1. The van der Waals surface area contributed by atoms with Gasteiger partial charge in [0, 0.05) is 38.1 Å². The fourth-order valence-electron chi connectivity index (χ4n) is 3.66. The van der Waals surface area contributed by atoms with Crippen LogP contribution in [0.25, 0.3) is 0 Å². The quantitative estimate of drug-likeness (QED) is 0.838. The number of pyridine rings is 1. The Labute approximate surface area is 137 Å². The minimum atomic E-state index is -3.58. The van der Waals surface area contributed by atoms with Gasteiger partial charge in [0.25, 0.3) is 0 Å². The fraction of sp³-hybridized carbons (Fsp3) is 0.625. The highest BCUT2D eigenvalue weighted by molar-refractivity contribution is 7.89. The zero-order valence-electron chi connectivity index (χ0n) is 13.6. The summed E-state index contributed by atoms with van der Waals surface area (Å²) in [6.45, 7) is 5.47. The molecule has 1 amide bonds. The molecule has 0 bridgehead atoms. The third kappa shape index (κ3) is 2.76. The topological polar surface area (TPSA) is 70.6 Å². The van der Waals surface area contributed by atoms with Crippen LogP contribution < -0.4 is 0 Å². The lowest BCUT2D eigenvalue weighted by molar-refractivity contribution is -0.147. The highest BCUT2D eigenvalue weighted by Gasteiger charge is 2.51. The van der Waals surface area contributed by atoms with E-state index >= 15 is 0 Å². The number of hydrogen-bond acceptors (Lipinski definition) is 4. The number of sulfonamides is 1. The molecule has 0 N–H and O–H groups in total. The van der Waals surface area contributed by atoms with Gasteiger partial charge in [-0.15, -0.1) is 0 Å². The van der Waals surface area contributed by atoms with E-state index in [4.69, 9.17) is 0 Å². The SMILES string of the molecule is CC(C)N1CCC[C@]2(CCN(S(=O)(=O)c3cccnc3)C2)C1=O. The number of piperidine rings is 1. The maximum absolute atomic E-state index is 12.9. The molecule has 3 heterocycles. The van der Waals surface area contributed by atoms with Crippen LogP contribution in [0.2, 0.25) is 0 Å². The molecule has 1 aromatic heterocycles. The summed E-state index contributed by atoms with van der Waals surface area (Å²) in [7, 11) is -3.58. The molecule has 7 heteroatoms. The van der Waals surface area contributed by atoms with Gasteiger partial charge in [0.05, 0.1) is 5.41 Å². The van der Waals surface area contributed by atoms with Gasteiger partial charge < -0.3 is 4.90 Å². The van der Waals surface area contributed by atoms with Crippen LogP contribution in [0.5, 0.6) is 0 Å². The van der Waals surface area contributed by atoms with Crippen molar-refractivity contribution in [2.45, 2.75) is 44.0 Å². The normalized spacial score (nSPS) is 26.4. The fourth-order valence-corrected chi connectivity index (χ4v) is 5.15. The van der Waals surface area contributed by atoms with Crippen LogP contribution in [0.3, 0.4) is 0 Å². The number of hydrogen-bond donors (Lipinski definition) is 0. The van der Waals surface area contributed by atoms with Gasteiger partial charge in [-0.1, -0.05) is 0 Å². The highest BCUT2D eigenvalue weighted by Crippen LogP contribution is 2.42. The van der Waals surface area contributed by atoms with Gasteiger partial charge in [-0.3, -0.25) is 9.78 Å². The van der Waals surface area contributed by atoms with E-state index < -0.39 is 15.4 Å². The van der Waals surface area contributed by atoms with E-state index in [0.717, 1.165) is 19.4 Å². The van der Waals surface area contributed by atoms with Crippen molar-refractivity contribution >= 4 is 15.9 Å². The summed E-state index contributed by atoms with van der Waals surface area (Å²) >= 11 is 0. The molecular formula is C16H23N3O3S. The van der Waals surface area contributed by atoms with Crippen LogP contribution in [0.15, 0.2) is 29.4 Å². The van der Waals surface area contributed by atoms with Crippen molar-refractivity contribution in [3.05, 3.63) is 24.5 Å². The number of likely N-dealkylation sites (tertiary alicyclic amines) is 1. The number of carbonyl (C=O) groups excluding carboxylic acids is 1. The molecular weight excluding hydrogens is 314 g/mol. The molecule has 1 spiro atoms. The van der Waals surface area contributed by atoms with E-state index in [1.54, 1.807) is 18.3 Å². The van der Waals surface area contributed by atoms with Crippen LogP contribution in [-0.4, -0.2) is 54.2 Å². The molecule has 2 fully saturated rings. The van der Waals surface area contributed by atoms with Crippen molar-refractivity contribution in [2.75, 3.05) is 19.6 Å². The Morgan fingerprint density at radius 2 is 2.04 bits per heavy atom. The predicted octanol–water partition coefficient (Wildman–Crippen LogP) is 1.49. The van der Waals surface area contributed by atoms with E-state index in [-0.39, 0.29) is 23.4 Å². The second-order valence-electron chi connectivity index (χ2n) is 6.75. The van der Waals surface area contributed by atoms with Crippen molar-refractivity contribution in [3.8, 4) is 0 Å². The zero-order chi connectivity index (χ0) is 16.7. The molecule has 3 rings (SSSR count). The van der Waals surface area contributed by atoms with Crippen LogP contribution >= 0.6 is 0 Å². The van der Waals surface area contributed by atoms with E-state index in [9.17, 15) is 13.2 Å². The largest absolute Gasteiger partial charge is 0.340 e. The molecule has 126 valence electrons. The second kappa shape index (κ2) is 5.87. The average Bonchev–Trinajstić information content (AvgIpc) is 2.97. The third-order valence-corrected chi connectivity index (χ3v) is 6.81. The molecule has 2 aliphatic rings. The number of amides is 1. The lowest BCUT2D eigenvalue weighted by Crippen LogP contribution is -2.52. The standard InChI is InChI=1S/C16H23N3O3S/c1-13(2)19-9-4-6-16(15(19)20)7-10-18(12-16)23(21,22)14-5-3-8-17-11-14/h3,5,8,11,13H,4,6-7,9-10,12H2,1-2H3/t16-/m1/s1. The number of nitrogens with zero attached hydrogens (tertiary/aromatic N) is 3. The summed E-state index contributed by atoms with van der Waals surface area (Å²) in [4.78, 5) is 18.9. The summed E-state index contributed by atoms with van der Waals surface area (Å²) in [5.41, 5.74) is -0.544. The maximum Gasteiger partial charge on any atom is 0.244 e. The minimum Gasteiger partial charge on any atom is -0.340 e.